The molecule has 0 spiro atoms. The fraction of sp³-hybridized carbons (Fsp3) is 0.222. The molecular weight excluding hydrogens is 323 g/mol. The van der Waals surface area contributed by atoms with Gasteiger partial charge in [0.1, 0.15) is 9.52 Å². The molecular formula is C9H9IN4O2. The number of pyridine rings is 1. The largest absolute Gasteiger partial charge is 0.464 e. The van der Waals surface area contributed by atoms with Crippen LogP contribution in [0.15, 0.2) is 6.07 Å². The molecule has 0 saturated heterocycles. The Morgan fingerprint density at radius 2 is 2.38 bits per heavy atom. The lowest BCUT2D eigenvalue weighted by Gasteiger charge is -2.03. The molecule has 6 nitrogen and oxygen atoms in total. The summed E-state index contributed by atoms with van der Waals surface area (Å²) in [6.07, 6.45) is 0. The summed E-state index contributed by atoms with van der Waals surface area (Å²) >= 11 is 2.10. The van der Waals surface area contributed by atoms with Crippen LogP contribution in [-0.2, 0) is 4.74 Å². The van der Waals surface area contributed by atoms with Gasteiger partial charge >= 0.3 is 5.97 Å². The Morgan fingerprint density at radius 1 is 1.62 bits per heavy atom. The molecule has 0 atom stereocenters. The average Bonchev–Trinajstić information content (AvgIpc) is 2.70. The van der Waals surface area contributed by atoms with Crippen molar-refractivity contribution in [3.8, 4) is 0 Å². The summed E-state index contributed by atoms with van der Waals surface area (Å²) in [4.78, 5) is 15.8. The minimum Gasteiger partial charge on any atom is -0.464 e. The molecule has 0 amide bonds. The number of hydrogen-bond donors (Lipinski definition) is 2. The van der Waals surface area contributed by atoms with E-state index in [9.17, 15) is 4.79 Å². The van der Waals surface area contributed by atoms with E-state index in [1.807, 2.05) is 6.07 Å². The van der Waals surface area contributed by atoms with Crippen molar-refractivity contribution in [1.29, 1.82) is 0 Å². The zero-order valence-corrected chi connectivity index (χ0v) is 10.8. The van der Waals surface area contributed by atoms with Gasteiger partial charge in [0.25, 0.3) is 0 Å². The molecule has 0 radical (unpaired) electrons. The second-order valence-electron chi connectivity index (χ2n) is 3.03. The van der Waals surface area contributed by atoms with Crippen LogP contribution in [0.25, 0.3) is 10.9 Å². The third-order valence-electron chi connectivity index (χ3n) is 2.13. The van der Waals surface area contributed by atoms with E-state index < -0.39 is 5.97 Å². The summed E-state index contributed by atoms with van der Waals surface area (Å²) < 4.78 is 5.47. The minimum absolute atomic E-state index is 0.241. The second kappa shape index (κ2) is 4.24. The van der Waals surface area contributed by atoms with E-state index in [0.717, 1.165) is 9.22 Å². The van der Waals surface area contributed by atoms with Gasteiger partial charge in [0.2, 0.25) is 0 Å². The van der Waals surface area contributed by atoms with Crippen molar-refractivity contribution >= 4 is 45.3 Å². The maximum atomic E-state index is 11.5. The number of esters is 1. The molecule has 84 valence electrons. The van der Waals surface area contributed by atoms with Crippen molar-refractivity contribution in [2.24, 2.45) is 0 Å². The van der Waals surface area contributed by atoms with Gasteiger partial charge in [-0.05, 0) is 28.7 Å². The summed E-state index contributed by atoms with van der Waals surface area (Å²) in [5.41, 5.74) is 0.995. The summed E-state index contributed by atoms with van der Waals surface area (Å²) in [7, 11) is 3.06. The Kier molecular flexibility index (Phi) is 2.95. The van der Waals surface area contributed by atoms with Crippen molar-refractivity contribution in [3.63, 3.8) is 0 Å². The maximum absolute atomic E-state index is 11.5. The van der Waals surface area contributed by atoms with Gasteiger partial charge in [-0.15, -0.1) is 0 Å². The number of aromatic amines is 1. The number of carbonyl (C=O) groups is 1. The van der Waals surface area contributed by atoms with Crippen molar-refractivity contribution in [3.05, 3.63) is 15.5 Å². The van der Waals surface area contributed by atoms with Crippen molar-refractivity contribution in [2.75, 3.05) is 19.5 Å². The lowest BCUT2D eigenvalue weighted by molar-refractivity contribution is 0.0596. The van der Waals surface area contributed by atoms with Crippen molar-refractivity contribution in [1.82, 2.24) is 15.2 Å². The number of anilines is 1. The van der Waals surface area contributed by atoms with E-state index in [1.54, 1.807) is 7.05 Å². The van der Waals surface area contributed by atoms with Crippen LogP contribution in [-0.4, -0.2) is 35.3 Å². The van der Waals surface area contributed by atoms with Gasteiger partial charge in [0.15, 0.2) is 5.69 Å². The van der Waals surface area contributed by atoms with Crippen LogP contribution in [0.2, 0.25) is 0 Å². The fourth-order valence-electron chi connectivity index (χ4n) is 1.44. The minimum atomic E-state index is -0.481. The SMILES string of the molecule is CNc1nc(I)cc2[nH]nc(C(=O)OC)c12. The standard InChI is InChI=1S/C9H9IN4O2/c1-11-8-6-4(3-5(10)12-8)13-14-7(6)9(15)16-2/h3H,1-2H3,(H,11,12)(H,13,14). The lowest BCUT2D eigenvalue weighted by atomic mass is 10.2. The Hall–Kier alpha value is -1.38. The first kappa shape index (κ1) is 11.1. The Balaban J connectivity index is 2.74. The van der Waals surface area contributed by atoms with Gasteiger partial charge in [-0.2, -0.15) is 5.10 Å². The predicted octanol–water partition coefficient (Wildman–Crippen LogP) is 1.39. The van der Waals surface area contributed by atoms with E-state index in [4.69, 9.17) is 0 Å². The molecule has 2 aromatic heterocycles. The summed E-state index contributed by atoms with van der Waals surface area (Å²) in [5, 5.41) is 10.3. The van der Waals surface area contributed by atoms with E-state index in [1.165, 1.54) is 7.11 Å². The third kappa shape index (κ3) is 1.70. The van der Waals surface area contributed by atoms with Gasteiger partial charge in [-0.25, -0.2) is 9.78 Å². The number of nitrogens with one attached hydrogen (secondary N) is 2. The number of H-pyrrole nitrogens is 1. The average molecular weight is 332 g/mol. The van der Waals surface area contributed by atoms with Crippen LogP contribution >= 0.6 is 22.6 Å². The number of ether oxygens (including phenoxy) is 1. The van der Waals surface area contributed by atoms with Gasteiger partial charge < -0.3 is 10.1 Å². The molecule has 0 unspecified atom stereocenters. The van der Waals surface area contributed by atoms with Crippen LogP contribution in [0.5, 0.6) is 0 Å². The van der Waals surface area contributed by atoms with E-state index >= 15 is 0 Å². The maximum Gasteiger partial charge on any atom is 0.359 e. The molecule has 2 aromatic rings. The molecule has 0 aromatic carbocycles. The first-order valence-electron chi connectivity index (χ1n) is 4.48. The van der Waals surface area contributed by atoms with Gasteiger partial charge in [-0.3, -0.25) is 5.10 Å². The monoisotopic (exact) mass is 332 g/mol. The van der Waals surface area contributed by atoms with Crippen LogP contribution in [0, 0.1) is 3.70 Å². The van der Waals surface area contributed by atoms with Crippen LogP contribution in [0.3, 0.4) is 0 Å². The number of fused-ring (bicyclic) bond motifs is 1. The molecule has 0 fully saturated rings. The summed E-state index contributed by atoms with van der Waals surface area (Å²) in [6.45, 7) is 0. The molecule has 16 heavy (non-hydrogen) atoms. The van der Waals surface area contributed by atoms with Crippen molar-refractivity contribution < 1.29 is 9.53 Å². The van der Waals surface area contributed by atoms with Crippen LogP contribution < -0.4 is 5.32 Å². The molecule has 0 aliphatic rings. The highest BCUT2D eigenvalue weighted by atomic mass is 127. The first-order chi connectivity index (χ1) is 7.67. The number of halogens is 1. The van der Waals surface area contributed by atoms with Crippen LogP contribution in [0.1, 0.15) is 10.5 Å². The highest BCUT2D eigenvalue weighted by molar-refractivity contribution is 14.1. The highest BCUT2D eigenvalue weighted by Gasteiger charge is 2.18. The zero-order chi connectivity index (χ0) is 11.7. The second-order valence-corrected chi connectivity index (χ2v) is 4.14. The van der Waals surface area contributed by atoms with E-state index in [0.29, 0.717) is 11.2 Å². The van der Waals surface area contributed by atoms with Crippen LogP contribution in [0.4, 0.5) is 5.82 Å². The van der Waals surface area contributed by atoms with E-state index in [-0.39, 0.29) is 5.69 Å². The smallest absolute Gasteiger partial charge is 0.359 e. The quantitative estimate of drug-likeness (QED) is 0.494. The molecule has 0 aliphatic heterocycles. The number of carbonyl (C=O) groups excluding carboxylic acids is 1. The number of rotatable bonds is 2. The lowest BCUT2D eigenvalue weighted by Crippen LogP contribution is -2.04. The molecule has 2 N–H and O–H groups in total. The Bertz CT molecular complexity index is 552. The molecule has 7 heteroatoms. The number of hydrogen-bond acceptors (Lipinski definition) is 5. The molecule has 2 heterocycles. The third-order valence-corrected chi connectivity index (χ3v) is 2.68. The topological polar surface area (TPSA) is 79.9 Å². The zero-order valence-electron chi connectivity index (χ0n) is 8.67. The van der Waals surface area contributed by atoms with Gasteiger partial charge in [0.05, 0.1) is 18.0 Å². The molecule has 0 aliphatic carbocycles. The first-order valence-corrected chi connectivity index (χ1v) is 5.56. The van der Waals surface area contributed by atoms with Crippen molar-refractivity contribution in [2.45, 2.75) is 0 Å². The van der Waals surface area contributed by atoms with E-state index in [2.05, 4.69) is 47.8 Å². The Labute approximate surface area is 105 Å². The Morgan fingerprint density at radius 3 is 3.00 bits per heavy atom. The molecule has 0 bridgehead atoms. The summed E-state index contributed by atoms with van der Waals surface area (Å²) in [6, 6.07) is 1.82. The number of nitrogens with zero attached hydrogens (tertiary/aromatic N) is 2. The predicted molar refractivity (Wildman–Crippen MR) is 67.5 cm³/mol. The molecule has 2 rings (SSSR count). The number of methoxy groups -OCH3 is 1. The fourth-order valence-corrected chi connectivity index (χ4v) is 1.99. The van der Waals surface area contributed by atoms with Gasteiger partial charge in [-0.1, -0.05) is 0 Å². The molecule has 0 saturated carbocycles. The number of aromatic nitrogens is 3. The van der Waals surface area contributed by atoms with Gasteiger partial charge in [0, 0.05) is 7.05 Å². The normalized spacial score (nSPS) is 10.4. The highest BCUT2D eigenvalue weighted by Crippen LogP contribution is 2.25. The summed E-state index contributed by atoms with van der Waals surface area (Å²) in [5.74, 6) is 0.127.